The van der Waals surface area contributed by atoms with Gasteiger partial charge in [0, 0.05) is 5.69 Å². The first-order valence-electron chi connectivity index (χ1n) is 8.54. The number of hydrogen-bond donors (Lipinski definition) is 3. The number of nitrogens with one attached hydrogen (secondary N) is 3. The number of imide groups is 1. The van der Waals surface area contributed by atoms with Crippen molar-refractivity contribution >= 4 is 17.6 Å². The first-order valence-corrected chi connectivity index (χ1v) is 8.54. The van der Waals surface area contributed by atoms with Crippen molar-refractivity contribution in [1.82, 2.24) is 10.6 Å². The van der Waals surface area contributed by atoms with E-state index in [0.29, 0.717) is 5.76 Å². The fourth-order valence-electron chi connectivity index (χ4n) is 2.93. The lowest BCUT2D eigenvalue weighted by Gasteiger charge is -2.33. The molecule has 26 heavy (non-hydrogen) atoms. The molecule has 0 bridgehead atoms. The van der Waals surface area contributed by atoms with Crippen molar-refractivity contribution in [3.8, 4) is 0 Å². The van der Waals surface area contributed by atoms with Crippen molar-refractivity contribution in [2.75, 3.05) is 37.6 Å². The van der Waals surface area contributed by atoms with E-state index in [1.165, 1.54) is 18.4 Å². The van der Waals surface area contributed by atoms with E-state index in [0.717, 1.165) is 36.8 Å². The second-order valence-electron chi connectivity index (χ2n) is 6.20. The molecule has 138 valence electrons. The molecule has 0 atom stereocenters. The number of halogens is 1. The van der Waals surface area contributed by atoms with Crippen LogP contribution in [0.5, 0.6) is 0 Å². The number of carbonyl (C=O) groups is 2. The summed E-state index contributed by atoms with van der Waals surface area (Å²) in [5.74, 6) is 0.0577. The Labute approximate surface area is 150 Å². The van der Waals surface area contributed by atoms with Crippen molar-refractivity contribution in [2.45, 2.75) is 6.54 Å². The zero-order valence-corrected chi connectivity index (χ0v) is 14.3. The lowest BCUT2D eigenvalue weighted by Crippen LogP contribution is -3.16. The summed E-state index contributed by atoms with van der Waals surface area (Å²) in [6.07, 6.45) is 1.52. The van der Waals surface area contributed by atoms with Gasteiger partial charge in [-0.1, -0.05) is 0 Å². The minimum atomic E-state index is -0.532. The van der Waals surface area contributed by atoms with Crippen LogP contribution in [0.25, 0.3) is 0 Å². The molecule has 1 aliphatic rings. The molecule has 2 aromatic rings. The van der Waals surface area contributed by atoms with Crippen LogP contribution in [0.2, 0.25) is 0 Å². The molecule has 0 unspecified atom stereocenters. The van der Waals surface area contributed by atoms with Crippen molar-refractivity contribution in [2.24, 2.45) is 0 Å². The molecule has 3 amide bonds. The Bertz CT molecular complexity index is 725. The van der Waals surface area contributed by atoms with Gasteiger partial charge in [0.2, 0.25) is 0 Å². The molecule has 0 spiro atoms. The standard InChI is InChI=1S/C18H21FN4O3/c19-14-3-5-15(6-4-14)23-9-7-22(8-10-23)13-17(24)21-18(25)20-12-16-2-1-11-26-16/h1-6,11H,7-10,12-13H2,(H2,20,21,24,25)/p+1. The number of rotatable bonds is 5. The molecule has 8 heteroatoms. The monoisotopic (exact) mass is 361 g/mol. The molecular formula is C18H22FN4O3+. The Morgan fingerprint density at radius 3 is 2.54 bits per heavy atom. The van der Waals surface area contributed by atoms with E-state index in [1.807, 2.05) is 0 Å². The largest absolute Gasteiger partial charge is 0.467 e. The Kier molecular flexibility index (Phi) is 5.85. The van der Waals surface area contributed by atoms with Crippen LogP contribution in [0.4, 0.5) is 14.9 Å². The summed E-state index contributed by atoms with van der Waals surface area (Å²) in [7, 11) is 0. The molecule has 1 aromatic carbocycles. The summed E-state index contributed by atoms with van der Waals surface area (Å²) < 4.78 is 18.1. The molecule has 1 fully saturated rings. The zero-order valence-electron chi connectivity index (χ0n) is 14.3. The van der Waals surface area contributed by atoms with Crippen LogP contribution in [-0.2, 0) is 11.3 Å². The maximum Gasteiger partial charge on any atom is 0.321 e. The molecule has 1 saturated heterocycles. The first kappa shape index (κ1) is 17.9. The summed E-state index contributed by atoms with van der Waals surface area (Å²) in [5, 5.41) is 4.91. The number of nitrogens with zero attached hydrogens (tertiary/aromatic N) is 1. The van der Waals surface area contributed by atoms with Gasteiger partial charge in [-0.25, -0.2) is 9.18 Å². The SMILES string of the molecule is O=C(C[NH+]1CCN(c2ccc(F)cc2)CC1)NC(=O)NCc1ccco1. The van der Waals surface area contributed by atoms with Crippen LogP contribution in [0.3, 0.4) is 0 Å². The Morgan fingerprint density at radius 1 is 1.15 bits per heavy atom. The highest BCUT2D eigenvalue weighted by molar-refractivity contribution is 5.94. The van der Waals surface area contributed by atoms with E-state index in [9.17, 15) is 14.0 Å². The number of quaternary nitrogens is 1. The number of hydrogen-bond acceptors (Lipinski definition) is 4. The second kappa shape index (κ2) is 8.48. The lowest BCUT2D eigenvalue weighted by molar-refractivity contribution is -0.892. The van der Waals surface area contributed by atoms with Gasteiger partial charge < -0.3 is 19.5 Å². The van der Waals surface area contributed by atoms with E-state index in [4.69, 9.17) is 4.42 Å². The van der Waals surface area contributed by atoms with E-state index in [-0.39, 0.29) is 24.8 Å². The number of urea groups is 1. The number of benzene rings is 1. The average molecular weight is 361 g/mol. The molecule has 7 nitrogen and oxygen atoms in total. The van der Waals surface area contributed by atoms with E-state index in [1.54, 1.807) is 24.3 Å². The zero-order chi connectivity index (χ0) is 18.4. The summed E-state index contributed by atoms with van der Waals surface area (Å²) in [6, 6.07) is 9.36. The van der Waals surface area contributed by atoms with Gasteiger partial charge in [-0.05, 0) is 36.4 Å². The Morgan fingerprint density at radius 2 is 1.88 bits per heavy atom. The number of amides is 3. The van der Waals surface area contributed by atoms with Gasteiger partial charge in [0.25, 0.3) is 5.91 Å². The number of piperazine rings is 1. The topological polar surface area (TPSA) is 79.0 Å². The van der Waals surface area contributed by atoms with Gasteiger partial charge in [0.05, 0.1) is 39.0 Å². The van der Waals surface area contributed by atoms with Crippen LogP contribution in [0, 0.1) is 5.82 Å². The third kappa shape index (κ3) is 5.06. The predicted octanol–water partition coefficient (Wildman–Crippen LogP) is 0.150. The van der Waals surface area contributed by atoms with Crippen molar-refractivity contribution in [3.63, 3.8) is 0 Å². The highest BCUT2D eigenvalue weighted by atomic mass is 19.1. The number of anilines is 1. The smallest absolute Gasteiger partial charge is 0.321 e. The van der Waals surface area contributed by atoms with Crippen LogP contribution in [0.1, 0.15) is 5.76 Å². The molecule has 0 aliphatic carbocycles. The Balaban J connectivity index is 1.37. The number of carbonyl (C=O) groups excluding carboxylic acids is 2. The van der Waals surface area contributed by atoms with E-state index >= 15 is 0 Å². The molecule has 1 aromatic heterocycles. The van der Waals surface area contributed by atoms with E-state index in [2.05, 4.69) is 15.5 Å². The van der Waals surface area contributed by atoms with Crippen molar-refractivity contribution < 1.29 is 23.3 Å². The van der Waals surface area contributed by atoms with Gasteiger partial charge in [0.15, 0.2) is 6.54 Å². The van der Waals surface area contributed by atoms with Gasteiger partial charge in [-0.2, -0.15) is 0 Å². The third-order valence-corrected chi connectivity index (χ3v) is 4.33. The van der Waals surface area contributed by atoms with Crippen molar-refractivity contribution in [3.05, 3.63) is 54.2 Å². The maximum atomic E-state index is 13.0. The Hall–Kier alpha value is -2.87. The summed E-state index contributed by atoms with van der Waals surface area (Å²) in [6.45, 7) is 3.58. The van der Waals surface area contributed by atoms with Crippen LogP contribution in [-0.4, -0.2) is 44.7 Å². The summed E-state index contributed by atoms with van der Waals surface area (Å²) >= 11 is 0. The molecule has 2 heterocycles. The molecule has 3 N–H and O–H groups in total. The van der Waals surface area contributed by atoms with Crippen molar-refractivity contribution in [1.29, 1.82) is 0 Å². The van der Waals surface area contributed by atoms with Crippen LogP contribution < -0.4 is 20.4 Å². The molecule has 3 rings (SSSR count). The maximum absolute atomic E-state index is 13.0. The predicted molar refractivity (Wildman–Crippen MR) is 93.3 cm³/mol. The van der Waals surface area contributed by atoms with Gasteiger partial charge in [0.1, 0.15) is 11.6 Å². The quantitative estimate of drug-likeness (QED) is 0.708. The van der Waals surface area contributed by atoms with Gasteiger partial charge in [-0.15, -0.1) is 0 Å². The molecule has 0 radical (unpaired) electrons. The highest BCUT2D eigenvalue weighted by Crippen LogP contribution is 2.14. The fourth-order valence-corrected chi connectivity index (χ4v) is 2.93. The van der Waals surface area contributed by atoms with Gasteiger partial charge in [-0.3, -0.25) is 10.1 Å². The normalized spacial score (nSPS) is 14.9. The minimum absolute atomic E-state index is 0.231. The molecular weight excluding hydrogens is 339 g/mol. The highest BCUT2D eigenvalue weighted by Gasteiger charge is 2.23. The number of furan rings is 1. The summed E-state index contributed by atoms with van der Waals surface area (Å²) in [5.41, 5.74) is 0.979. The average Bonchev–Trinajstić information content (AvgIpc) is 3.15. The summed E-state index contributed by atoms with van der Waals surface area (Å²) in [4.78, 5) is 27.0. The molecule has 1 aliphatic heterocycles. The van der Waals surface area contributed by atoms with E-state index < -0.39 is 6.03 Å². The fraction of sp³-hybridized carbons (Fsp3) is 0.333. The van der Waals surface area contributed by atoms with Crippen LogP contribution >= 0.6 is 0 Å². The minimum Gasteiger partial charge on any atom is -0.467 e. The first-order chi connectivity index (χ1) is 12.6. The lowest BCUT2D eigenvalue weighted by atomic mass is 10.2. The third-order valence-electron chi connectivity index (χ3n) is 4.33. The molecule has 0 saturated carbocycles. The second-order valence-corrected chi connectivity index (χ2v) is 6.20. The van der Waals surface area contributed by atoms with Crippen LogP contribution in [0.15, 0.2) is 47.1 Å². The van der Waals surface area contributed by atoms with Gasteiger partial charge >= 0.3 is 6.03 Å².